The smallest absolute Gasteiger partial charge is 0.410 e. The topological polar surface area (TPSA) is 97.6 Å². The maximum absolute atomic E-state index is 12.2. The first-order valence-electron chi connectivity index (χ1n) is 8.01. The van der Waals surface area contributed by atoms with Crippen LogP contribution in [0, 0.1) is 16.0 Å². The van der Waals surface area contributed by atoms with Crippen molar-refractivity contribution in [2.24, 2.45) is 5.92 Å². The Hall–Kier alpha value is -2.38. The molecule has 2 unspecified atom stereocenters. The fraction of sp³-hybridized carbons (Fsp3) is 0.625. The van der Waals surface area contributed by atoms with Gasteiger partial charge in [0.1, 0.15) is 5.60 Å². The molecule has 1 aliphatic rings. The third kappa shape index (κ3) is 4.56. The van der Waals surface area contributed by atoms with E-state index in [1.807, 2.05) is 20.8 Å². The van der Waals surface area contributed by atoms with Gasteiger partial charge < -0.3 is 15.0 Å². The second kappa shape index (κ2) is 7.02. The molecule has 1 N–H and O–H groups in total. The molecule has 8 nitrogen and oxygen atoms in total. The van der Waals surface area contributed by atoms with Crippen molar-refractivity contribution in [2.45, 2.75) is 45.8 Å². The van der Waals surface area contributed by atoms with E-state index in [0.717, 1.165) is 6.42 Å². The molecule has 0 radical (unpaired) electrons. The Balaban J connectivity index is 2.09. The molecule has 1 amide bonds. The predicted molar refractivity (Wildman–Crippen MR) is 89.9 cm³/mol. The summed E-state index contributed by atoms with van der Waals surface area (Å²) in [5, 5.41) is 14.2. The number of pyridine rings is 1. The Morgan fingerprint density at radius 3 is 2.83 bits per heavy atom. The first-order chi connectivity index (χ1) is 11.2. The summed E-state index contributed by atoms with van der Waals surface area (Å²) < 4.78 is 5.41. The highest BCUT2D eigenvalue weighted by molar-refractivity contribution is 5.68. The lowest BCUT2D eigenvalue weighted by molar-refractivity contribution is -0.384. The largest absolute Gasteiger partial charge is 0.444 e. The summed E-state index contributed by atoms with van der Waals surface area (Å²) in [6.45, 7) is 8.56. The lowest BCUT2D eigenvalue weighted by atomic mass is 9.93. The van der Waals surface area contributed by atoms with Crippen molar-refractivity contribution in [1.29, 1.82) is 0 Å². The van der Waals surface area contributed by atoms with Crippen LogP contribution in [-0.4, -0.2) is 45.6 Å². The first-order valence-corrected chi connectivity index (χ1v) is 8.01. The van der Waals surface area contributed by atoms with Gasteiger partial charge in [-0.2, -0.15) is 0 Å². The van der Waals surface area contributed by atoms with Crippen LogP contribution in [0.1, 0.15) is 34.1 Å². The number of hydrogen-bond donors (Lipinski definition) is 1. The van der Waals surface area contributed by atoms with E-state index in [4.69, 9.17) is 4.74 Å². The van der Waals surface area contributed by atoms with Crippen molar-refractivity contribution in [3.63, 3.8) is 0 Å². The molecule has 0 aromatic carbocycles. The number of carbonyl (C=O) groups excluding carboxylic acids is 1. The number of nitrogens with one attached hydrogen (secondary N) is 1. The summed E-state index contributed by atoms with van der Waals surface area (Å²) in [7, 11) is 0. The molecule has 2 atom stereocenters. The Morgan fingerprint density at radius 1 is 1.50 bits per heavy atom. The SMILES string of the molecule is CC1CCN(C(=O)OC(C)(C)C)CC1Nc1ncccc1[N+](=O)[O-]. The molecule has 8 heteroatoms. The maximum atomic E-state index is 12.2. The van der Waals surface area contributed by atoms with E-state index >= 15 is 0 Å². The molecule has 2 heterocycles. The number of carbonyl (C=O) groups is 1. The molecule has 132 valence electrons. The monoisotopic (exact) mass is 336 g/mol. The van der Waals surface area contributed by atoms with E-state index in [1.165, 1.54) is 18.3 Å². The number of anilines is 1. The first kappa shape index (κ1) is 18.0. The van der Waals surface area contributed by atoms with Crippen LogP contribution in [-0.2, 0) is 4.74 Å². The van der Waals surface area contributed by atoms with Crippen LogP contribution in [0.3, 0.4) is 0 Å². The Kier molecular flexibility index (Phi) is 5.26. The summed E-state index contributed by atoms with van der Waals surface area (Å²) in [4.78, 5) is 28.6. The van der Waals surface area contributed by atoms with Crippen LogP contribution < -0.4 is 5.32 Å². The van der Waals surface area contributed by atoms with E-state index in [-0.39, 0.29) is 29.6 Å². The summed E-state index contributed by atoms with van der Waals surface area (Å²) in [6.07, 6.45) is 1.93. The third-order valence-electron chi connectivity index (χ3n) is 3.92. The van der Waals surface area contributed by atoms with E-state index < -0.39 is 10.5 Å². The van der Waals surface area contributed by atoms with Crippen LogP contribution in [0.25, 0.3) is 0 Å². The highest BCUT2D eigenvalue weighted by Gasteiger charge is 2.32. The van der Waals surface area contributed by atoms with Crippen LogP contribution in [0.15, 0.2) is 18.3 Å². The molecule has 1 fully saturated rings. The van der Waals surface area contributed by atoms with Gasteiger partial charge in [0.25, 0.3) is 0 Å². The Morgan fingerprint density at radius 2 is 2.21 bits per heavy atom. The average molecular weight is 336 g/mol. The van der Waals surface area contributed by atoms with E-state index in [2.05, 4.69) is 17.2 Å². The van der Waals surface area contributed by atoms with Crippen LogP contribution in [0.5, 0.6) is 0 Å². The minimum atomic E-state index is -0.553. The number of likely N-dealkylation sites (tertiary alicyclic amines) is 1. The van der Waals surface area contributed by atoms with Gasteiger partial charge >= 0.3 is 11.8 Å². The van der Waals surface area contributed by atoms with E-state index in [1.54, 1.807) is 4.90 Å². The van der Waals surface area contributed by atoms with Gasteiger partial charge in [0.15, 0.2) is 0 Å². The Bertz CT molecular complexity index is 614. The molecule has 1 aromatic rings. The quantitative estimate of drug-likeness (QED) is 0.673. The van der Waals surface area contributed by atoms with Crippen molar-refractivity contribution in [3.8, 4) is 0 Å². The fourth-order valence-electron chi connectivity index (χ4n) is 2.58. The van der Waals surface area contributed by atoms with Gasteiger partial charge in [-0.15, -0.1) is 0 Å². The number of nitrogens with zero attached hydrogens (tertiary/aromatic N) is 3. The molecular weight excluding hydrogens is 312 g/mol. The van der Waals surface area contributed by atoms with Crippen molar-refractivity contribution in [3.05, 3.63) is 28.4 Å². The van der Waals surface area contributed by atoms with Crippen molar-refractivity contribution in [2.75, 3.05) is 18.4 Å². The molecular formula is C16H24N4O4. The van der Waals surface area contributed by atoms with Crippen LogP contribution >= 0.6 is 0 Å². The van der Waals surface area contributed by atoms with Crippen molar-refractivity contribution < 1.29 is 14.5 Å². The molecule has 1 aliphatic heterocycles. The highest BCUT2D eigenvalue weighted by atomic mass is 16.6. The minimum Gasteiger partial charge on any atom is -0.444 e. The van der Waals surface area contributed by atoms with Gasteiger partial charge in [0.2, 0.25) is 5.82 Å². The lowest BCUT2D eigenvalue weighted by Crippen LogP contribution is -2.50. The van der Waals surface area contributed by atoms with Gasteiger partial charge in [-0.05, 0) is 39.2 Å². The summed E-state index contributed by atoms with van der Waals surface area (Å²) in [6, 6.07) is 2.81. The second-order valence-electron chi connectivity index (χ2n) is 7.07. The molecule has 0 saturated carbocycles. The maximum Gasteiger partial charge on any atom is 0.410 e. The molecule has 0 aliphatic carbocycles. The lowest BCUT2D eigenvalue weighted by Gasteiger charge is -2.38. The number of nitro groups is 1. The normalized spacial score (nSPS) is 21.2. The zero-order valence-corrected chi connectivity index (χ0v) is 14.5. The molecule has 2 rings (SSSR count). The zero-order chi connectivity index (χ0) is 17.9. The zero-order valence-electron chi connectivity index (χ0n) is 14.5. The van der Waals surface area contributed by atoms with E-state index in [0.29, 0.717) is 13.1 Å². The second-order valence-corrected chi connectivity index (χ2v) is 7.07. The highest BCUT2D eigenvalue weighted by Crippen LogP contribution is 2.26. The number of ether oxygens (including phenoxy) is 1. The number of rotatable bonds is 3. The van der Waals surface area contributed by atoms with Crippen molar-refractivity contribution in [1.82, 2.24) is 9.88 Å². The third-order valence-corrected chi connectivity index (χ3v) is 3.92. The summed E-state index contributed by atoms with van der Waals surface area (Å²) in [5.74, 6) is 0.482. The standard InChI is InChI=1S/C16H24N4O4/c1-11-7-9-19(15(21)24-16(2,3)4)10-12(11)18-14-13(20(22)23)6-5-8-17-14/h5-6,8,11-12H,7,9-10H2,1-4H3,(H,17,18). The van der Waals surface area contributed by atoms with Crippen LogP contribution in [0.4, 0.5) is 16.3 Å². The number of piperidine rings is 1. The summed E-state index contributed by atoms with van der Waals surface area (Å²) in [5.41, 5.74) is -0.623. The fourth-order valence-corrected chi connectivity index (χ4v) is 2.58. The minimum absolute atomic E-state index is 0.0703. The number of hydrogen-bond acceptors (Lipinski definition) is 6. The van der Waals surface area contributed by atoms with E-state index in [9.17, 15) is 14.9 Å². The van der Waals surface area contributed by atoms with Crippen molar-refractivity contribution >= 4 is 17.6 Å². The van der Waals surface area contributed by atoms with Gasteiger partial charge in [-0.1, -0.05) is 6.92 Å². The van der Waals surface area contributed by atoms with Gasteiger partial charge in [-0.3, -0.25) is 10.1 Å². The van der Waals surface area contributed by atoms with Gasteiger partial charge in [-0.25, -0.2) is 9.78 Å². The Labute approximate surface area is 141 Å². The predicted octanol–water partition coefficient (Wildman–Crippen LogP) is 3.05. The molecule has 24 heavy (non-hydrogen) atoms. The van der Waals surface area contributed by atoms with Crippen LogP contribution in [0.2, 0.25) is 0 Å². The summed E-state index contributed by atoms with van der Waals surface area (Å²) >= 11 is 0. The number of amides is 1. The van der Waals surface area contributed by atoms with Gasteiger partial charge in [0, 0.05) is 31.4 Å². The van der Waals surface area contributed by atoms with Gasteiger partial charge in [0.05, 0.1) is 4.92 Å². The average Bonchev–Trinajstić information content (AvgIpc) is 2.48. The molecule has 0 spiro atoms. The molecule has 1 saturated heterocycles. The molecule has 1 aromatic heterocycles. The number of aromatic nitrogens is 1. The molecule has 0 bridgehead atoms.